The van der Waals surface area contributed by atoms with Crippen molar-refractivity contribution < 1.29 is 28.6 Å². The number of nitrogens with zero attached hydrogens (tertiary/aromatic N) is 1. The first-order valence-electron chi connectivity index (χ1n) is 8.04. The summed E-state index contributed by atoms with van der Waals surface area (Å²) in [5, 5.41) is 2.62. The van der Waals surface area contributed by atoms with Gasteiger partial charge in [0.25, 0.3) is 11.8 Å². The molecular weight excluding hydrogens is 328 g/mol. The predicted molar refractivity (Wildman–Crippen MR) is 88.3 cm³/mol. The van der Waals surface area contributed by atoms with Gasteiger partial charge >= 0.3 is 5.97 Å². The standard InChI is InChI=1S/C17H22N2O6/c1-23-14-5-3-2-4-13(14)17(22)18-7-6-16(21)25-12-15(20)19-8-10-24-11-9-19/h2-5H,6-12H2,1H3,(H,18,22). The molecule has 0 spiro atoms. The third-order valence-corrected chi connectivity index (χ3v) is 3.69. The molecule has 0 aliphatic carbocycles. The lowest BCUT2D eigenvalue weighted by Crippen LogP contribution is -2.42. The second-order valence-electron chi connectivity index (χ2n) is 5.36. The van der Waals surface area contributed by atoms with Crippen LogP contribution in [-0.2, 0) is 19.1 Å². The number of esters is 1. The van der Waals surface area contributed by atoms with Crippen LogP contribution in [0.2, 0.25) is 0 Å². The maximum absolute atomic E-state index is 12.1. The number of ether oxygens (including phenoxy) is 3. The summed E-state index contributed by atoms with van der Waals surface area (Å²) in [5.41, 5.74) is 0.390. The summed E-state index contributed by atoms with van der Waals surface area (Å²) in [4.78, 5) is 37.2. The highest BCUT2D eigenvalue weighted by atomic mass is 16.5. The van der Waals surface area contributed by atoms with E-state index in [2.05, 4.69) is 5.32 Å². The van der Waals surface area contributed by atoms with Crippen LogP contribution in [0, 0.1) is 0 Å². The number of benzene rings is 1. The highest BCUT2D eigenvalue weighted by Crippen LogP contribution is 2.16. The molecule has 1 aromatic carbocycles. The average molecular weight is 350 g/mol. The second-order valence-corrected chi connectivity index (χ2v) is 5.36. The first-order valence-corrected chi connectivity index (χ1v) is 8.04. The number of morpholine rings is 1. The van der Waals surface area contributed by atoms with Gasteiger partial charge in [-0.2, -0.15) is 0 Å². The zero-order chi connectivity index (χ0) is 18.1. The van der Waals surface area contributed by atoms with Crippen molar-refractivity contribution in [3.8, 4) is 5.75 Å². The molecule has 1 aliphatic heterocycles. The summed E-state index contributed by atoms with van der Waals surface area (Å²) in [6, 6.07) is 6.80. The fourth-order valence-electron chi connectivity index (χ4n) is 2.32. The summed E-state index contributed by atoms with van der Waals surface area (Å²) >= 11 is 0. The Morgan fingerprint density at radius 3 is 2.64 bits per heavy atom. The average Bonchev–Trinajstić information content (AvgIpc) is 2.66. The van der Waals surface area contributed by atoms with Crippen molar-refractivity contribution in [3.63, 3.8) is 0 Å². The third kappa shape index (κ3) is 5.75. The number of hydrogen-bond acceptors (Lipinski definition) is 6. The Bertz CT molecular complexity index is 613. The largest absolute Gasteiger partial charge is 0.496 e. The Kier molecular flexibility index (Phi) is 7.21. The summed E-state index contributed by atoms with van der Waals surface area (Å²) in [5.74, 6) is -0.662. The molecule has 25 heavy (non-hydrogen) atoms. The number of amides is 2. The van der Waals surface area contributed by atoms with Crippen molar-refractivity contribution in [1.82, 2.24) is 10.2 Å². The topological polar surface area (TPSA) is 94.2 Å². The van der Waals surface area contributed by atoms with Crippen LogP contribution in [0.4, 0.5) is 0 Å². The molecular formula is C17H22N2O6. The number of nitrogens with one attached hydrogen (secondary N) is 1. The minimum absolute atomic E-state index is 0.0166. The molecule has 8 heteroatoms. The van der Waals surface area contributed by atoms with Crippen molar-refractivity contribution in [1.29, 1.82) is 0 Å². The molecule has 1 N–H and O–H groups in total. The number of hydrogen-bond donors (Lipinski definition) is 1. The highest BCUT2D eigenvalue weighted by molar-refractivity contribution is 5.97. The summed E-state index contributed by atoms with van der Waals surface area (Å²) in [6.45, 7) is 1.82. The van der Waals surface area contributed by atoms with E-state index >= 15 is 0 Å². The van der Waals surface area contributed by atoms with Crippen molar-refractivity contribution in [3.05, 3.63) is 29.8 Å². The van der Waals surface area contributed by atoms with Gasteiger partial charge in [-0.05, 0) is 12.1 Å². The molecule has 136 valence electrons. The first kappa shape index (κ1) is 18.7. The van der Waals surface area contributed by atoms with Gasteiger partial charge in [-0.15, -0.1) is 0 Å². The Balaban J connectivity index is 1.68. The molecule has 2 amide bonds. The summed E-state index contributed by atoms with van der Waals surface area (Å²) in [7, 11) is 1.48. The minimum Gasteiger partial charge on any atom is -0.496 e. The second kappa shape index (κ2) is 9.63. The normalized spacial score (nSPS) is 13.9. The lowest BCUT2D eigenvalue weighted by molar-refractivity contribution is -0.153. The van der Waals surface area contributed by atoms with E-state index in [0.717, 1.165) is 0 Å². The molecule has 0 unspecified atom stereocenters. The maximum atomic E-state index is 12.1. The van der Waals surface area contributed by atoms with E-state index in [0.29, 0.717) is 37.6 Å². The quantitative estimate of drug-likeness (QED) is 0.707. The molecule has 1 saturated heterocycles. The minimum atomic E-state index is -0.540. The van der Waals surface area contributed by atoms with E-state index < -0.39 is 5.97 Å². The van der Waals surface area contributed by atoms with Crippen molar-refractivity contribution >= 4 is 17.8 Å². The predicted octanol–water partition coefficient (Wildman–Crippen LogP) is 0.217. The first-order chi connectivity index (χ1) is 12.1. The Labute approximate surface area is 146 Å². The Hall–Kier alpha value is -2.61. The molecule has 0 saturated carbocycles. The molecule has 0 atom stereocenters. The van der Waals surface area contributed by atoms with Crippen LogP contribution in [0.15, 0.2) is 24.3 Å². The molecule has 8 nitrogen and oxygen atoms in total. The van der Waals surface area contributed by atoms with Crippen LogP contribution in [-0.4, -0.2) is 69.2 Å². The lowest BCUT2D eigenvalue weighted by atomic mass is 10.2. The van der Waals surface area contributed by atoms with E-state index in [-0.39, 0.29) is 31.4 Å². The zero-order valence-electron chi connectivity index (χ0n) is 14.2. The lowest BCUT2D eigenvalue weighted by Gasteiger charge is -2.26. The third-order valence-electron chi connectivity index (χ3n) is 3.69. The van der Waals surface area contributed by atoms with Gasteiger partial charge in [-0.3, -0.25) is 14.4 Å². The summed E-state index contributed by atoms with van der Waals surface area (Å²) < 4.78 is 15.2. The van der Waals surface area contributed by atoms with Crippen LogP contribution in [0.1, 0.15) is 16.8 Å². The van der Waals surface area contributed by atoms with E-state index in [9.17, 15) is 14.4 Å². The number of methoxy groups -OCH3 is 1. The van der Waals surface area contributed by atoms with E-state index in [4.69, 9.17) is 14.2 Å². The Morgan fingerprint density at radius 2 is 1.92 bits per heavy atom. The summed E-state index contributed by atoms with van der Waals surface area (Å²) in [6.07, 6.45) is -0.0166. The smallest absolute Gasteiger partial charge is 0.308 e. The van der Waals surface area contributed by atoms with Gasteiger partial charge < -0.3 is 24.4 Å². The van der Waals surface area contributed by atoms with E-state index in [1.165, 1.54) is 7.11 Å². The Morgan fingerprint density at radius 1 is 1.20 bits per heavy atom. The van der Waals surface area contributed by atoms with Crippen LogP contribution >= 0.6 is 0 Å². The molecule has 0 radical (unpaired) electrons. The van der Waals surface area contributed by atoms with Crippen LogP contribution in [0.5, 0.6) is 5.75 Å². The van der Waals surface area contributed by atoms with Crippen molar-refractivity contribution in [2.45, 2.75) is 6.42 Å². The van der Waals surface area contributed by atoms with Crippen LogP contribution in [0.25, 0.3) is 0 Å². The number of para-hydroxylation sites is 1. The van der Waals surface area contributed by atoms with Gasteiger partial charge in [-0.25, -0.2) is 0 Å². The van der Waals surface area contributed by atoms with E-state index in [1.807, 2.05) is 0 Å². The molecule has 1 aromatic rings. The molecule has 2 rings (SSSR count). The van der Waals surface area contributed by atoms with E-state index in [1.54, 1.807) is 29.2 Å². The molecule has 0 bridgehead atoms. The molecule has 1 heterocycles. The SMILES string of the molecule is COc1ccccc1C(=O)NCCC(=O)OCC(=O)N1CCOCC1. The van der Waals surface area contributed by atoms with Gasteiger partial charge in [0.15, 0.2) is 6.61 Å². The molecule has 0 aromatic heterocycles. The van der Waals surface area contributed by atoms with Gasteiger partial charge in [0, 0.05) is 19.6 Å². The zero-order valence-corrected chi connectivity index (χ0v) is 14.2. The monoisotopic (exact) mass is 350 g/mol. The van der Waals surface area contributed by atoms with Gasteiger partial charge in [0.05, 0.1) is 32.3 Å². The van der Waals surface area contributed by atoms with Crippen molar-refractivity contribution in [2.75, 3.05) is 46.6 Å². The maximum Gasteiger partial charge on any atom is 0.308 e. The number of carbonyl (C=O) groups is 3. The highest BCUT2D eigenvalue weighted by Gasteiger charge is 2.18. The fraction of sp³-hybridized carbons (Fsp3) is 0.471. The molecule has 1 fully saturated rings. The van der Waals surface area contributed by atoms with Crippen molar-refractivity contribution in [2.24, 2.45) is 0 Å². The van der Waals surface area contributed by atoms with Crippen LogP contribution < -0.4 is 10.1 Å². The van der Waals surface area contributed by atoms with Gasteiger partial charge in [-0.1, -0.05) is 12.1 Å². The van der Waals surface area contributed by atoms with Gasteiger partial charge in [0.2, 0.25) is 0 Å². The van der Waals surface area contributed by atoms with Crippen LogP contribution in [0.3, 0.4) is 0 Å². The number of carbonyl (C=O) groups excluding carboxylic acids is 3. The molecule has 1 aliphatic rings. The number of rotatable bonds is 7. The fourth-order valence-corrected chi connectivity index (χ4v) is 2.32. The van der Waals surface area contributed by atoms with Gasteiger partial charge in [0.1, 0.15) is 5.75 Å².